The summed E-state index contributed by atoms with van der Waals surface area (Å²) in [6.07, 6.45) is 2.94. The fourth-order valence-electron chi connectivity index (χ4n) is 2.31. The summed E-state index contributed by atoms with van der Waals surface area (Å²) in [6.45, 7) is 1.40. The van der Waals surface area contributed by atoms with Crippen LogP contribution in [0.25, 0.3) is 11.3 Å². The predicted octanol–water partition coefficient (Wildman–Crippen LogP) is 3.71. The van der Waals surface area contributed by atoms with Gasteiger partial charge in [-0.1, -0.05) is 0 Å². The molecule has 1 aromatic carbocycles. The van der Waals surface area contributed by atoms with Gasteiger partial charge < -0.3 is 24.6 Å². The minimum Gasteiger partial charge on any atom is -0.466 e. The molecular formula is C18H17FN2O4. The molecule has 130 valence electrons. The molecular weight excluding hydrogens is 327 g/mol. The van der Waals surface area contributed by atoms with Crippen molar-refractivity contribution < 1.29 is 23.1 Å². The number of rotatable bonds is 5. The average Bonchev–Trinajstić information content (AvgIpc) is 3.29. The second-order valence-corrected chi connectivity index (χ2v) is 5.73. The van der Waals surface area contributed by atoms with E-state index in [1.54, 1.807) is 30.3 Å². The van der Waals surface area contributed by atoms with E-state index in [0.29, 0.717) is 17.1 Å². The maximum absolute atomic E-state index is 13.9. The number of hydrogen-bond acceptors (Lipinski definition) is 4. The van der Waals surface area contributed by atoms with Gasteiger partial charge in [-0.05, 0) is 49.4 Å². The highest BCUT2D eigenvalue weighted by molar-refractivity contribution is 5.90. The molecule has 0 aliphatic heterocycles. The zero-order chi connectivity index (χ0) is 17.9. The molecule has 1 atom stereocenters. The molecule has 2 amide bonds. The number of carbonyl (C=O) groups excluding carboxylic acids is 1. The van der Waals surface area contributed by atoms with E-state index in [4.69, 9.17) is 8.83 Å². The van der Waals surface area contributed by atoms with Gasteiger partial charge >= 0.3 is 6.03 Å². The quantitative estimate of drug-likeness (QED) is 0.658. The van der Waals surface area contributed by atoms with Crippen LogP contribution in [0.3, 0.4) is 0 Å². The first-order valence-electron chi connectivity index (χ1n) is 7.60. The van der Waals surface area contributed by atoms with E-state index in [-0.39, 0.29) is 12.2 Å². The van der Waals surface area contributed by atoms with Crippen molar-refractivity contribution in [2.45, 2.75) is 12.5 Å². The molecule has 0 bridgehead atoms. The van der Waals surface area contributed by atoms with Crippen LogP contribution in [0.1, 0.15) is 12.7 Å². The van der Waals surface area contributed by atoms with Gasteiger partial charge in [0.2, 0.25) is 0 Å². The molecule has 3 N–H and O–H groups in total. The monoisotopic (exact) mass is 344 g/mol. The summed E-state index contributed by atoms with van der Waals surface area (Å²) in [6, 6.07) is 10.3. The summed E-state index contributed by atoms with van der Waals surface area (Å²) in [4.78, 5) is 12.0. The van der Waals surface area contributed by atoms with Crippen molar-refractivity contribution in [2.75, 3.05) is 11.9 Å². The van der Waals surface area contributed by atoms with Gasteiger partial charge in [-0.2, -0.15) is 0 Å². The molecule has 0 spiro atoms. The second kappa shape index (κ2) is 6.82. The Bertz CT molecular complexity index is 842. The highest BCUT2D eigenvalue weighted by Crippen LogP contribution is 2.25. The molecule has 3 rings (SSSR count). The molecule has 0 unspecified atom stereocenters. The number of carbonyl (C=O) groups is 1. The molecule has 0 saturated heterocycles. The van der Waals surface area contributed by atoms with Crippen molar-refractivity contribution in [3.63, 3.8) is 0 Å². The van der Waals surface area contributed by atoms with Crippen LogP contribution in [0, 0.1) is 5.82 Å². The van der Waals surface area contributed by atoms with Crippen LogP contribution in [0.5, 0.6) is 0 Å². The van der Waals surface area contributed by atoms with Gasteiger partial charge in [0.25, 0.3) is 0 Å². The van der Waals surface area contributed by atoms with E-state index in [1.807, 2.05) is 0 Å². The summed E-state index contributed by atoms with van der Waals surface area (Å²) in [5.41, 5.74) is -0.747. The second-order valence-electron chi connectivity index (χ2n) is 5.73. The van der Waals surface area contributed by atoms with E-state index in [2.05, 4.69) is 10.6 Å². The molecule has 0 aliphatic rings. The van der Waals surface area contributed by atoms with Crippen molar-refractivity contribution in [1.29, 1.82) is 0 Å². The maximum Gasteiger partial charge on any atom is 0.319 e. The molecule has 25 heavy (non-hydrogen) atoms. The lowest BCUT2D eigenvalue weighted by molar-refractivity contribution is 0.0372. The molecule has 0 aliphatic carbocycles. The summed E-state index contributed by atoms with van der Waals surface area (Å²) >= 11 is 0. The minimum absolute atomic E-state index is 0.00374. The summed E-state index contributed by atoms with van der Waals surface area (Å²) in [5.74, 6) is 0.297. The summed E-state index contributed by atoms with van der Waals surface area (Å²) in [5, 5.41) is 15.2. The zero-order valence-electron chi connectivity index (χ0n) is 13.5. The van der Waals surface area contributed by atoms with E-state index in [9.17, 15) is 14.3 Å². The van der Waals surface area contributed by atoms with Gasteiger partial charge in [0.1, 0.15) is 22.9 Å². The van der Waals surface area contributed by atoms with Gasteiger partial charge in [0, 0.05) is 5.56 Å². The molecule has 2 aromatic heterocycles. The highest BCUT2D eigenvalue weighted by Gasteiger charge is 2.26. The van der Waals surface area contributed by atoms with Crippen LogP contribution in [0.15, 0.2) is 63.8 Å². The van der Waals surface area contributed by atoms with E-state index in [0.717, 1.165) is 0 Å². The van der Waals surface area contributed by atoms with Crippen LogP contribution in [0.4, 0.5) is 14.9 Å². The molecule has 0 radical (unpaired) electrons. The van der Waals surface area contributed by atoms with Crippen LogP contribution in [0.2, 0.25) is 0 Å². The van der Waals surface area contributed by atoms with Crippen LogP contribution < -0.4 is 10.6 Å². The number of benzene rings is 1. The fourth-order valence-corrected chi connectivity index (χ4v) is 2.31. The number of amides is 2. The lowest BCUT2D eigenvalue weighted by Gasteiger charge is -2.21. The smallest absolute Gasteiger partial charge is 0.319 e. The Morgan fingerprint density at radius 2 is 1.96 bits per heavy atom. The molecule has 6 nitrogen and oxygen atoms in total. The van der Waals surface area contributed by atoms with Crippen molar-refractivity contribution in [1.82, 2.24) is 5.32 Å². The minimum atomic E-state index is -1.38. The maximum atomic E-state index is 13.9. The van der Waals surface area contributed by atoms with Gasteiger partial charge in [0.05, 0.1) is 24.8 Å². The third kappa shape index (κ3) is 3.89. The number of halogens is 1. The average molecular weight is 344 g/mol. The molecule has 2 heterocycles. The van der Waals surface area contributed by atoms with Crippen LogP contribution in [-0.4, -0.2) is 17.7 Å². The van der Waals surface area contributed by atoms with Gasteiger partial charge in [0.15, 0.2) is 0 Å². The Morgan fingerprint density at radius 1 is 1.20 bits per heavy atom. The van der Waals surface area contributed by atoms with Gasteiger partial charge in [-0.25, -0.2) is 9.18 Å². The molecule has 0 fully saturated rings. The number of furan rings is 2. The Labute approximate surface area is 143 Å². The SMILES string of the molecule is C[C@@](O)(CNC(=O)Nc1cc(-c2ccco2)ccc1F)c1ccco1. The normalized spacial score (nSPS) is 13.2. The number of urea groups is 1. The number of aliphatic hydroxyl groups is 1. The first-order valence-corrected chi connectivity index (χ1v) is 7.60. The standard InChI is InChI=1S/C18H17FN2O4/c1-18(23,16-5-3-9-25-16)11-20-17(22)21-14-10-12(6-7-13(14)19)15-4-2-8-24-15/h2-10,23H,11H2,1H3,(H2,20,21,22)/t18-/m1/s1. The lowest BCUT2D eigenvalue weighted by atomic mass is 10.0. The van der Waals surface area contributed by atoms with Gasteiger partial charge in [-0.3, -0.25) is 0 Å². The van der Waals surface area contributed by atoms with E-state index >= 15 is 0 Å². The van der Waals surface area contributed by atoms with Crippen LogP contribution in [-0.2, 0) is 5.60 Å². The first-order chi connectivity index (χ1) is 12.0. The molecule has 7 heteroatoms. The first kappa shape index (κ1) is 16.8. The Kier molecular flexibility index (Phi) is 4.58. The van der Waals surface area contributed by atoms with Crippen LogP contribution >= 0.6 is 0 Å². The van der Waals surface area contributed by atoms with Crippen molar-refractivity contribution in [3.05, 3.63) is 66.6 Å². The largest absolute Gasteiger partial charge is 0.466 e. The highest BCUT2D eigenvalue weighted by atomic mass is 19.1. The van der Waals surface area contributed by atoms with Crippen molar-refractivity contribution in [2.24, 2.45) is 0 Å². The predicted molar refractivity (Wildman–Crippen MR) is 89.4 cm³/mol. The fraction of sp³-hybridized carbons (Fsp3) is 0.167. The van der Waals surface area contributed by atoms with Crippen molar-refractivity contribution >= 4 is 11.7 Å². The third-order valence-corrected chi connectivity index (χ3v) is 3.67. The Balaban J connectivity index is 1.66. The lowest BCUT2D eigenvalue weighted by Crippen LogP contribution is -2.40. The Hall–Kier alpha value is -3.06. The number of nitrogens with one attached hydrogen (secondary N) is 2. The zero-order valence-corrected chi connectivity index (χ0v) is 13.5. The van der Waals surface area contributed by atoms with E-state index in [1.165, 1.54) is 31.6 Å². The van der Waals surface area contributed by atoms with E-state index < -0.39 is 17.4 Å². The Morgan fingerprint density at radius 3 is 2.64 bits per heavy atom. The summed E-state index contributed by atoms with van der Waals surface area (Å²) in [7, 11) is 0. The number of anilines is 1. The third-order valence-electron chi connectivity index (χ3n) is 3.67. The molecule has 0 saturated carbocycles. The van der Waals surface area contributed by atoms with Crippen molar-refractivity contribution in [3.8, 4) is 11.3 Å². The summed E-state index contributed by atoms with van der Waals surface area (Å²) < 4.78 is 24.3. The topological polar surface area (TPSA) is 87.6 Å². The number of hydrogen-bond donors (Lipinski definition) is 3. The molecule has 3 aromatic rings. The van der Waals surface area contributed by atoms with Gasteiger partial charge in [-0.15, -0.1) is 0 Å².